The summed E-state index contributed by atoms with van der Waals surface area (Å²) >= 11 is 0. The first-order chi connectivity index (χ1) is 15.7. The normalized spacial score (nSPS) is 12.6. The third-order valence-corrected chi connectivity index (χ3v) is 5.48. The molecule has 1 unspecified atom stereocenters. The van der Waals surface area contributed by atoms with Crippen LogP contribution in [0.4, 0.5) is 0 Å². The molecule has 7 nitrogen and oxygen atoms in total. The van der Waals surface area contributed by atoms with Crippen LogP contribution in [0, 0.1) is 0 Å². The van der Waals surface area contributed by atoms with E-state index >= 15 is 0 Å². The summed E-state index contributed by atoms with van der Waals surface area (Å²) < 4.78 is 8.88. The molecule has 33 heavy (non-hydrogen) atoms. The predicted octanol–water partition coefficient (Wildman–Crippen LogP) is 4.50. The van der Waals surface area contributed by atoms with Crippen LogP contribution in [0.1, 0.15) is 25.5 Å². The summed E-state index contributed by atoms with van der Waals surface area (Å²) in [6.07, 6.45) is -0.549. The molecule has 1 aromatic heterocycles. The molecule has 4 aromatic rings. The minimum atomic E-state index is -4.64. The summed E-state index contributed by atoms with van der Waals surface area (Å²) in [5.74, 6) is 0. The maximum absolute atomic E-state index is 11.0. The van der Waals surface area contributed by atoms with E-state index in [-0.39, 0.29) is 0 Å². The number of nitrogens with zero attached hydrogens (tertiary/aromatic N) is 2. The fourth-order valence-electron chi connectivity index (χ4n) is 3.80. The maximum atomic E-state index is 11.0. The number of pyridine rings is 1. The van der Waals surface area contributed by atoms with Crippen molar-refractivity contribution in [2.24, 2.45) is 0 Å². The molecule has 4 rings (SSSR count). The summed E-state index contributed by atoms with van der Waals surface area (Å²) in [6.45, 7) is 6.73. The second-order valence-electron chi connectivity index (χ2n) is 7.69. The third kappa shape index (κ3) is 6.92. The van der Waals surface area contributed by atoms with Gasteiger partial charge in [0.05, 0.1) is 17.3 Å². The molecule has 1 heterocycles. The van der Waals surface area contributed by atoms with Gasteiger partial charge in [-0.05, 0) is 47.6 Å². The number of aliphatic hydroxyl groups excluding tert-OH is 1. The zero-order chi connectivity index (χ0) is 24.0. The molecule has 0 aliphatic heterocycles. The summed E-state index contributed by atoms with van der Waals surface area (Å²) in [4.78, 5) is 28.7. The van der Waals surface area contributed by atoms with Crippen LogP contribution in [0.25, 0.3) is 32.9 Å². The van der Waals surface area contributed by atoms with Crippen molar-refractivity contribution >= 4 is 29.5 Å². The lowest BCUT2D eigenvalue weighted by Crippen LogP contribution is -2.28. The SMILES string of the molecule is CCN(CC)CC(O)c1cc(-c2ccc3ccccc3c2)nc2ccccc12.O=P(O)(O)O. The highest BCUT2D eigenvalue weighted by atomic mass is 31.2. The first-order valence-corrected chi connectivity index (χ1v) is 12.3. The van der Waals surface area contributed by atoms with Crippen LogP contribution in [0.5, 0.6) is 0 Å². The van der Waals surface area contributed by atoms with Gasteiger partial charge in [0.1, 0.15) is 0 Å². The molecular formula is C25H29N2O5P. The molecule has 4 N–H and O–H groups in total. The number of aromatic nitrogens is 1. The molecule has 0 bridgehead atoms. The molecule has 0 spiro atoms. The predicted molar refractivity (Wildman–Crippen MR) is 132 cm³/mol. The smallest absolute Gasteiger partial charge is 0.387 e. The molecule has 8 heteroatoms. The Morgan fingerprint density at radius 2 is 1.48 bits per heavy atom. The topological polar surface area (TPSA) is 114 Å². The Bertz CT molecular complexity index is 1260. The Labute approximate surface area is 193 Å². The van der Waals surface area contributed by atoms with Gasteiger partial charge in [-0.3, -0.25) is 0 Å². The van der Waals surface area contributed by atoms with Gasteiger partial charge in [-0.25, -0.2) is 9.55 Å². The lowest BCUT2D eigenvalue weighted by atomic mass is 9.98. The molecule has 0 saturated carbocycles. The van der Waals surface area contributed by atoms with Gasteiger partial charge in [-0.15, -0.1) is 0 Å². The van der Waals surface area contributed by atoms with Crippen LogP contribution >= 0.6 is 7.82 Å². The van der Waals surface area contributed by atoms with Gasteiger partial charge in [0.15, 0.2) is 0 Å². The van der Waals surface area contributed by atoms with Crippen molar-refractivity contribution in [3.05, 3.63) is 78.4 Å². The molecule has 0 fully saturated rings. The molecule has 3 aromatic carbocycles. The van der Waals surface area contributed by atoms with Crippen LogP contribution in [0.3, 0.4) is 0 Å². The first kappa shape index (κ1) is 25.0. The van der Waals surface area contributed by atoms with E-state index in [2.05, 4.69) is 67.3 Å². The van der Waals surface area contributed by atoms with Crippen molar-refractivity contribution < 1.29 is 24.4 Å². The number of hydrogen-bond donors (Lipinski definition) is 4. The maximum Gasteiger partial charge on any atom is 0.466 e. The van der Waals surface area contributed by atoms with E-state index in [4.69, 9.17) is 24.2 Å². The molecule has 1 atom stereocenters. The Kier molecular flexibility index (Phi) is 8.32. The second kappa shape index (κ2) is 11.0. The minimum absolute atomic E-state index is 0.549. The molecule has 0 amide bonds. The van der Waals surface area contributed by atoms with Crippen LogP contribution in [-0.4, -0.2) is 49.3 Å². The largest absolute Gasteiger partial charge is 0.466 e. The molecule has 0 saturated heterocycles. The van der Waals surface area contributed by atoms with Crippen molar-refractivity contribution in [3.63, 3.8) is 0 Å². The Hall–Kier alpha value is -2.64. The van der Waals surface area contributed by atoms with E-state index in [1.54, 1.807) is 0 Å². The van der Waals surface area contributed by atoms with E-state index in [0.717, 1.165) is 40.8 Å². The van der Waals surface area contributed by atoms with Crippen molar-refractivity contribution in [2.75, 3.05) is 19.6 Å². The van der Waals surface area contributed by atoms with Crippen LogP contribution in [-0.2, 0) is 4.57 Å². The molecule has 0 aliphatic carbocycles. The molecule has 0 aliphatic rings. The Morgan fingerprint density at radius 1 is 0.879 bits per heavy atom. The quantitative estimate of drug-likeness (QED) is 0.308. The number of aliphatic hydroxyl groups is 1. The van der Waals surface area contributed by atoms with E-state index < -0.39 is 13.9 Å². The number of rotatable bonds is 6. The third-order valence-electron chi connectivity index (χ3n) is 5.48. The van der Waals surface area contributed by atoms with Crippen molar-refractivity contribution in [3.8, 4) is 11.3 Å². The van der Waals surface area contributed by atoms with Crippen LogP contribution in [0.15, 0.2) is 72.8 Å². The monoisotopic (exact) mass is 468 g/mol. The summed E-state index contributed by atoms with van der Waals surface area (Å²) in [5, 5.41) is 14.5. The number of benzene rings is 3. The van der Waals surface area contributed by atoms with Gasteiger partial charge >= 0.3 is 7.82 Å². The first-order valence-electron chi connectivity index (χ1n) is 10.8. The Morgan fingerprint density at radius 3 is 2.15 bits per heavy atom. The van der Waals surface area contributed by atoms with Gasteiger partial charge in [0, 0.05) is 17.5 Å². The van der Waals surface area contributed by atoms with Gasteiger partial charge < -0.3 is 24.7 Å². The van der Waals surface area contributed by atoms with Crippen molar-refractivity contribution in [2.45, 2.75) is 20.0 Å². The van der Waals surface area contributed by atoms with E-state index in [1.165, 1.54) is 10.8 Å². The Balaban J connectivity index is 0.000000555. The van der Waals surface area contributed by atoms with Gasteiger partial charge in [-0.2, -0.15) is 0 Å². The van der Waals surface area contributed by atoms with E-state index in [0.29, 0.717) is 6.54 Å². The molecular weight excluding hydrogens is 439 g/mol. The standard InChI is InChI=1S/C25H26N2O.H3O4P/c1-3-27(4-2)17-25(28)22-16-24(26-23-12-8-7-11-21(22)23)20-14-13-18-9-5-6-10-19(18)15-20;1-5(2,3)4/h5-16,25,28H,3-4,17H2,1-2H3;(H3,1,2,3,4). The minimum Gasteiger partial charge on any atom is -0.387 e. The number of para-hydroxylation sites is 1. The summed E-state index contributed by atoms with van der Waals surface area (Å²) in [6, 6.07) is 24.9. The highest BCUT2D eigenvalue weighted by molar-refractivity contribution is 7.45. The number of phosphoric acid groups is 1. The van der Waals surface area contributed by atoms with E-state index in [1.807, 2.05) is 24.3 Å². The number of hydrogen-bond acceptors (Lipinski definition) is 4. The fraction of sp³-hybridized carbons (Fsp3) is 0.240. The average Bonchev–Trinajstić information content (AvgIpc) is 2.80. The van der Waals surface area contributed by atoms with Gasteiger partial charge in [0.2, 0.25) is 0 Å². The van der Waals surface area contributed by atoms with Crippen molar-refractivity contribution in [1.82, 2.24) is 9.88 Å². The second-order valence-corrected chi connectivity index (χ2v) is 8.72. The lowest BCUT2D eigenvalue weighted by Gasteiger charge is -2.23. The summed E-state index contributed by atoms with van der Waals surface area (Å²) in [5.41, 5.74) is 3.83. The lowest BCUT2D eigenvalue weighted by molar-refractivity contribution is 0.120. The van der Waals surface area contributed by atoms with Crippen LogP contribution in [0.2, 0.25) is 0 Å². The van der Waals surface area contributed by atoms with Crippen molar-refractivity contribution in [1.29, 1.82) is 0 Å². The highest BCUT2D eigenvalue weighted by Gasteiger charge is 2.17. The van der Waals surface area contributed by atoms with E-state index in [9.17, 15) is 5.11 Å². The van der Waals surface area contributed by atoms with Gasteiger partial charge in [0.25, 0.3) is 0 Å². The molecule has 174 valence electrons. The highest BCUT2D eigenvalue weighted by Crippen LogP contribution is 2.30. The number of likely N-dealkylation sites (N-methyl/N-ethyl adjacent to an activating group) is 1. The van der Waals surface area contributed by atoms with Gasteiger partial charge in [-0.1, -0.05) is 68.4 Å². The zero-order valence-electron chi connectivity index (χ0n) is 18.7. The molecule has 0 radical (unpaired) electrons. The fourth-order valence-corrected chi connectivity index (χ4v) is 3.80. The average molecular weight is 468 g/mol. The zero-order valence-corrected chi connectivity index (χ0v) is 19.6. The van der Waals surface area contributed by atoms with Crippen LogP contribution < -0.4 is 0 Å². The summed E-state index contributed by atoms with van der Waals surface area (Å²) in [7, 11) is -4.64. The number of fused-ring (bicyclic) bond motifs is 2.